The Kier molecular flexibility index (Phi) is 4.59. The van der Waals surface area contributed by atoms with Crippen molar-refractivity contribution in [3.8, 4) is 5.75 Å². The van der Waals surface area contributed by atoms with Gasteiger partial charge in [0.2, 0.25) is 0 Å². The first-order valence-corrected chi connectivity index (χ1v) is 7.61. The van der Waals surface area contributed by atoms with E-state index in [1.165, 1.54) is 0 Å². The summed E-state index contributed by atoms with van der Waals surface area (Å²) < 4.78 is 6.97. The molecule has 2 rings (SSSR count). The molecule has 0 aliphatic heterocycles. The third kappa shape index (κ3) is 3.22. The standard InChI is InChI=1S/C13H10Br2O2S/c1-17-8-2-4-11(14)10(6-8)12(16)7-9-3-5-13(15)18-9/h2-6H,7H2,1H3. The molecule has 1 heterocycles. The Balaban J connectivity index is 2.23. The second kappa shape index (κ2) is 5.99. The fourth-order valence-corrected chi connectivity index (χ4v) is 3.49. The largest absolute Gasteiger partial charge is 0.497 e. The molecule has 0 unspecified atom stereocenters. The quantitative estimate of drug-likeness (QED) is 0.708. The minimum atomic E-state index is 0.0788. The van der Waals surface area contributed by atoms with Crippen LogP contribution in [0, 0.1) is 0 Å². The highest BCUT2D eigenvalue weighted by Crippen LogP contribution is 2.27. The van der Waals surface area contributed by atoms with Gasteiger partial charge in [-0.2, -0.15) is 0 Å². The molecular formula is C13H10Br2O2S. The summed E-state index contributed by atoms with van der Waals surface area (Å²) in [5.41, 5.74) is 0.652. The van der Waals surface area contributed by atoms with E-state index in [0.717, 1.165) is 13.1 Å². The lowest BCUT2D eigenvalue weighted by molar-refractivity contribution is 0.0992. The van der Waals surface area contributed by atoms with Gasteiger partial charge < -0.3 is 4.74 Å². The van der Waals surface area contributed by atoms with Gasteiger partial charge in [0.25, 0.3) is 0 Å². The molecule has 18 heavy (non-hydrogen) atoms. The minimum Gasteiger partial charge on any atom is -0.497 e. The van der Waals surface area contributed by atoms with Crippen molar-refractivity contribution in [2.45, 2.75) is 6.42 Å². The fraction of sp³-hybridized carbons (Fsp3) is 0.154. The molecule has 1 aromatic heterocycles. The summed E-state index contributed by atoms with van der Waals surface area (Å²) in [6.07, 6.45) is 0.405. The molecule has 0 spiro atoms. The number of benzene rings is 1. The van der Waals surface area contributed by atoms with Gasteiger partial charge in [-0.15, -0.1) is 11.3 Å². The maximum absolute atomic E-state index is 12.2. The zero-order valence-electron chi connectivity index (χ0n) is 9.57. The van der Waals surface area contributed by atoms with Crippen molar-refractivity contribution in [1.82, 2.24) is 0 Å². The van der Waals surface area contributed by atoms with Gasteiger partial charge in [0, 0.05) is 21.3 Å². The number of hydrogen-bond donors (Lipinski definition) is 0. The van der Waals surface area contributed by atoms with Crippen molar-refractivity contribution >= 4 is 49.0 Å². The molecule has 94 valence electrons. The van der Waals surface area contributed by atoms with E-state index in [2.05, 4.69) is 31.9 Å². The summed E-state index contributed by atoms with van der Waals surface area (Å²) in [6, 6.07) is 9.32. The molecule has 0 N–H and O–H groups in total. The number of carbonyl (C=O) groups excluding carboxylic acids is 1. The third-order valence-corrected chi connectivity index (χ3v) is 4.75. The molecule has 0 radical (unpaired) electrons. The highest BCUT2D eigenvalue weighted by molar-refractivity contribution is 9.11. The van der Waals surface area contributed by atoms with Gasteiger partial charge in [-0.3, -0.25) is 4.79 Å². The molecule has 5 heteroatoms. The van der Waals surface area contributed by atoms with Gasteiger partial charge in [-0.25, -0.2) is 0 Å². The van der Waals surface area contributed by atoms with Crippen LogP contribution in [0.4, 0.5) is 0 Å². The van der Waals surface area contributed by atoms with Crippen molar-refractivity contribution in [1.29, 1.82) is 0 Å². The number of ketones is 1. The number of halogens is 2. The van der Waals surface area contributed by atoms with Crippen molar-refractivity contribution in [2.24, 2.45) is 0 Å². The topological polar surface area (TPSA) is 26.3 Å². The van der Waals surface area contributed by atoms with E-state index in [9.17, 15) is 4.79 Å². The molecular weight excluding hydrogens is 380 g/mol. The first kappa shape index (κ1) is 13.8. The summed E-state index contributed by atoms with van der Waals surface area (Å²) in [7, 11) is 1.59. The molecule has 0 fully saturated rings. The van der Waals surface area contributed by atoms with Crippen LogP contribution in [0.1, 0.15) is 15.2 Å². The van der Waals surface area contributed by atoms with Crippen LogP contribution in [0.15, 0.2) is 38.6 Å². The Labute approximate surface area is 126 Å². The number of hydrogen-bond acceptors (Lipinski definition) is 3. The molecule has 0 amide bonds. The zero-order valence-corrected chi connectivity index (χ0v) is 13.6. The molecule has 0 atom stereocenters. The Morgan fingerprint density at radius 3 is 2.67 bits per heavy atom. The number of ether oxygens (including phenoxy) is 1. The molecule has 0 saturated heterocycles. The smallest absolute Gasteiger partial charge is 0.169 e. The van der Waals surface area contributed by atoms with E-state index in [-0.39, 0.29) is 5.78 Å². The number of thiophene rings is 1. The van der Waals surface area contributed by atoms with E-state index < -0.39 is 0 Å². The van der Waals surface area contributed by atoms with Crippen LogP contribution >= 0.6 is 43.2 Å². The van der Waals surface area contributed by atoms with Crippen molar-refractivity contribution in [3.05, 3.63) is 49.0 Å². The van der Waals surface area contributed by atoms with Gasteiger partial charge >= 0.3 is 0 Å². The van der Waals surface area contributed by atoms with E-state index in [4.69, 9.17) is 4.74 Å². The van der Waals surface area contributed by atoms with Crippen LogP contribution < -0.4 is 4.74 Å². The number of methoxy groups -OCH3 is 1. The van der Waals surface area contributed by atoms with Crippen molar-refractivity contribution in [3.63, 3.8) is 0 Å². The van der Waals surface area contributed by atoms with Gasteiger partial charge in [0.15, 0.2) is 5.78 Å². The predicted octanol–water partition coefficient (Wildman–Crippen LogP) is 4.71. The maximum Gasteiger partial charge on any atom is 0.169 e. The number of rotatable bonds is 4. The summed E-state index contributed by atoms with van der Waals surface area (Å²) >= 11 is 8.37. The maximum atomic E-state index is 12.2. The molecule has 1 aromatic carbocycles. The normalized spacial score (nSPS) is 10.4. The summed E-state index contributed by atoms with van der Waals surface area (Å²) in [6.45, 7) is 0. The van der Waals surface area contributed by atoms with Crippen LogP contribution in [-0.4, -0.2) is 12.9 Å². The molecule has 0 aliphatic carbocycles. The molecule has 0 saturated carbocycles. The summed E-state index contributed by atoms with van der Waals surface area (Å²) in [5, 5.41) is 0. The van der Waals surface area contributed by atoms with Gasteiger partial charge in [0.1, 0.15) is 5.75 Å². The van der Waals surface area contributed by atoms with Crippen LogP contribution in [0.25, 0.3) is 0 Å². The average Bonchev–Trinajstić information content (AvgIpc) is 2.75. The average molecular weight is 390 g/mol. The molecule has 0 bridgehead atoms. The highest BCUT2D eigenvalue weighted by Gasteiger charge is 2.13. The minimum absolute atomic E-state index is 0.0788. The van der Waals surface area contributed by atoms with E-state index in [0.29, 0.717) is 17.7 Å². The fourth-order valence-electron chi connectivity index (χ4n) is 1.55. The second-order valence-corrected chi connectivity index (χ2v) is 7.05. The Morgan fingerprint density at radius 2 is 2.06 bits per heavy atom. The van der Waals surface area contributed by atoms with E-state index in [1.807, 2.05) is 24.3 Å². The van der Waals surface area contributed by atoms with Crippen LogP contribution in [-0.2, 0) is 6.42 Å². The van der Waals surface area contributed by atoms with Crippen molar-refractivity contribution in [2.75, 3.05) is 7.11 Å². The van der Waals surface area contributed by atoms with Crippen LogP contribution in [0.5, 0.6) is 5.75 Å². The van der Waals surface area contributed by atoms with Gasteiger partial charge in [0.05, 0.1) is 10.9 Å². The SMILES string of the molecule is COc1ccc(Br)c(C(=O)Cc2ccc(Br)s2)c1. The molecule has 2 aromatic rings. The predicted molar refractivity (Wildman–Crippen MR) is 80.7 cm³/mol. The lowest BCUT2D eigenvalue weighted by atomic mass is 10.1. The first-order valence-electron chi connectivity index (χ1n) is 5.21. The third-order valence-electron chi connectivity index (χ3n) is 2.44. The zero-order chi connectivity index (χ0) is 13.1. The summed E-state index contributed by atoms with van der Waals surface area (Å²) in [5.74, 6) is 0.768. The number of Topliss-reactive ketones (excluding diaryl/α,β-unsaturated/α-hetero) is 1. The lowest BCUT2D eigenvalue weighted by Gasteiger charge is -2.05. The van der Waals surface area contributed by atoms with Crippen LogP contribution in [0.3, 0.4) is 0 Å². The van der Waals surface area contributed by atoms with E-state index >= 15 is 0 Å². The Hall–Kier alpha value is -0.650. The van der Waals surface area contributed by atoms with Crippen molar-refractivity contribution < 1.29 is 9.53 Å². The Morgan fingerprint density at radius 1 is 1.28 bits per heavy atom. The van der Waals surface area contributed by atoms with Gasteiger partial charge in [-0.1, -0.05) is 15.9 Å². The van der Waals surface area contributed by atoms with Gasteiger partial charge in [-0.05, 0) is 46.3 Å². The first-order chi connectivity index (χ1) is 8.60. The van der Waals surface area contributed by atoms with Crippen LogP contribution in [0.2, 0.25) is 0 Å². The molecule has 0 aliphatic rings. The Bertz CT molecular complexity index is 578. The lowest BCUT2D eigenvalue weighted by Crippen LogP contribution is -2.03. The number of carbonyl (C=O) groups is 1. The van der Waals surface area contributed by atoms with E-state index in [1.54, 1.807) is 24.5 Å². The highest BCUT2D eigenvalue weighted by atomic mass is 79.9. The second-order valence-electron chi connectivity index (χ2n) is 3.65. The monoisotopic (exact) mass is 388 g/mol. The molecule has 2 nitrogen and oxygen atoms in total. The summed E-state index contributed by atoms with van der Waals surface area (Å²) in [4.78, 5) is 13.3.